The molecule has 0 aliphatic heterocycles. The molecule has 0 unspecified atom stereocenters. The van der Waals surface area contributed by atoms with E-state index in [0.29, 0.717) is 5.56 Å². The Balaban J connectivity index is -0.000000320. The van der Waals surface area contributed by atoms with Crippen molar-refractivity contribution in [2.45, 2.75) is 11.8 Å². The number of rotatable bonds is 4. The molecule has 0 aromatic heterocycles. The molecule has 0 N–H and O–H groups in total. The molecule has 0 radical (unpaired) electrons. The molecule has 0 saturated heterocycles. The predicted octanol–water partition coefficient (Wildman–Crippen LogP) is -13.6. The second-order valence-corrected chi connectivity index (χ2v) is 7.06. The van der Waals surface area contributed by atoms with Gasteiger partial charge < -0.3 is 28.7 Å². The average Bonchev–Trinajstić information content (AvgIpc) is 2.12. The van der Waals surface area contributed by atoms with Gasteiger partial charge in [0.15, 0.2) is 0 Å². The van der Waals surface area contributed by atoms with Crippen molar-refractivity contribution in [3.05, 3.63) is 35.9 Å². The van der Waals surface area contributed by atoms with E-state index in [1.807, 2.05) is 0 Å². The van der Waals surface area contributed by atoms with Gasteiger partial charge in [-0.2, -0.15) is 0 Å². The molecule has 12 heteroatoms. The molecule has 0 atom stereocenters. The van der Waals surface area contributed by atoms with Crippen LogP contribution in [0, 0.1) is 0 Å². The zero-order valence-electron chi connectivity index (χ0n) is 12.0. The van der Waals surface area contributed by atoms with E-state index in [-0.39, 0.29) is 118 Å². The average molecular weight is 354 g/mol. The molecular weight excluding hydrogens is 346 g/mol. The normalized spacial score (nSPS) is 10.4. The van der Waals surface area contributed by atoms with Crippen molar-refractivity contribution < 1.29 is 147 Å². The van der Waals surface area contributed by atoms with Crippen LogP contribution in [0.15, 0.2) is 30.3 Å². The third-order valence-corrected chi connectivity index (χ3v) is 5.51. The Bertz CT molecular complexity index is 426. The topological polar surface area (TPSA) is 126 Å². The molecule has 0 aliphatic rings. The minimum absolute atomic E-state index is 0. The zero-order valence-corrected chi connectivity index (χ0v) is 21.8. The van der Waals surface area contributed by atoms with Crippen LogP contribution in [0.5, 0.6) is 0 Å². The fourth-order valence-electron chi connectivity index (χ4n) is 1.22. The van der Waals surface area contributed by atoms with Gasteiger partial charge in [-0.05, 0) is 12.0 Å². The smallest absolute Gasteiger partial charge is 0.810 e. The van der Waals surface area contributed by atoms with Crippen LogP contribution in [0.4, 0.5) is 0 Å². The van der Waals surface area contributed by atoms with E-state index in [9.17, 15) is 28.7 Å². The Labute approximate surface area is 206 Å². The standard InChI is InChI=1S/C8H12O6P2.4Na/c9-15(10,11)8(16(12,13)14)6-7-4-2-1-3-5-7;;;;/h1-5,8H,6H2,(H2,9,10,11)(H2,12,13,14);;;;/q;4*+1/p-4. The Morgan fingerprint density at radius 3 is 1.45 bits per heavy atom. The molecule has 0 heterocycles. The van der Waals surface area contributed by atoms with Crippen molar-refractivity contribution in [3.8, 4) is 0 Å². The largest absolute Gasteiger partial charge is 1.00 e. The van der Waals surface area contributed by atoms with Crippen LogP contribution in [-0.2, 0) is 15.6 Å². The molecule has 0 aliphatic carbocycles. The molecular formula is C8H8Na4O6P2. The summed E-state index contributed by atoms with van der Waals surface area (Å²) in [7, 11) is -10.9. The third-order valence-electron chi connectivity index (χ3n) is 1.99. The van der Waals surface area contributed by atoms with Gasteiger partial charge in [0, 0.05) is 5.40 Å². The minimum Gasteiger partial charge on any atom is -0.810 e. The van der Waals surface area contributed by atoms with Crippen LogP contribution in [0.2, 0.25) is 0 Å². The van der Waals surface area contributed by atoms with Crippen molar-refractivity contribution in [2.75, 3.05) is 0 Å². The Morgan fingerprint density at radius 2 is 1.15 bits per heavy atom. The van der Waals surface area contributed by atoms with Gasteiger partial charge in [-0.1, -0.05) is 45.5 Å². The maximum atomic E-state index is 10.7. The summed E-state index contributed by atoms with van der Waals surface area (Å²) < 4.78 is 21.4. The second-order valence-electron chi connectivity index (χ2n) is 3.25. The number of benzene rings is 1. The van der Waals surface area contributed by atoms with Crippen molar-refractivity contribution in [2.24, 2.45) is 0 Å². The quantitative estimate of drug-likeness (QED) is 0.390. The van der Waals surface area contributed by atoms with Gasteiger partial charge >= 0.3 is 118 Å². The summed E-state index contributed by atoms with van der Waals surface area (Å²) in [6, 6.07) is 7.62. The molecule has 1 aromatic carbocycles. The summed E-state index contributed by atoms with van der Waals surface area (Å²) in [6.45, 7) is 0. The minimum atomic E-state index is -5.45. The van der Waals surface area contributed by atoms with Gasteiger partial charge in [-0.25, -0.2) is 0 Å². The molecule has 1 aromatic rings. The van der Waals surface area contributed by atoms with Crippen LogP contribution in [-0.4, -0.2) is 5.40 Å². The molecule has 6 nitrogen and oxygen atoms in total. The maximum Gasteiger partial charge on any atom is 1.00 e. The molecule has 0 spiro atoms. The van der Waals surface area contributed by atoms with Crippen LogP contribution >= 0.6 is 15.2 Å². The number of hydrogen-bond donors (Lipinski definition) is 0. The summed E-state index contributed by atoms with van der Waals surface area (Å²) in [6.07, 6.45) is -0.602. The SMILES string of the molecule is O=P([O-])([O-])C(Cc1ccccc1)P(=O)([O-])[O-].[Na+].[Na+].[Na+].[Na+]. The second kappa shape index (κ2) is 13.8. The molecule has 1 rings (SSSR count). The molecule has 90 valence electrons. The molecule has 0 saturated carbocycles. The fourth-order valence-corrected chi connectivity index (χ4v) is 3.48. The van der Waals surface area contributed by atoms with Crippen LogP contribution in [0.1, 0.15) is 5.56 Å². The molecule has 0 fully saturated rings. The van der Waals surface area contributed by atoms with E-state index in [1.54, 1.807) is 18.2 Å². The summed E-state index contributed by atoms with van der Waals surface area (Å²) >= 11 is 0. The predicted molar refractivity (Wildman–Crippen MR) is 49.1 cm³/mol. The molecule has 0 amide bonds. The summed E-state index contributed by atoms with van der Waals surface area (Å²) in [4.78, 5) is 42.7. The van der Waals surface area contributed by atoms with Crippen LogP contribution in [0.25, 0.3) is 0 Å². The molecule has 20 heavy (non-hydrogen) atoms. The Morgan fingerprint density at radius 1 is 0.800 bits per heavy atom. The van der Waals surface area contributed by atoms with Crippen LogP contribution in [0.3, 0.4) is 0 Å². The van der Waals surface area contributed by atoms with E-state index in [1.165, 1.54) is 12.1 Å². The third kappa shape index (κ3) is 12.0. The van der Waals surface area contributed by atoms with Gasteiger partial charge in [0.05, 0.1) is 0 Å². The monoisotopic (exact) mass is 354 g/mol. The van der Waals surface area contributed by atoms with Gasteiger partial charge in [0.25, 0.3) is 0 Å². The van der Waals surface area contributed by atoms with E-state index < -0.39 is 27.0 Å². The van der Waals surface area contributed by atoms with Crippen molar-refractivity contribution in [1.29, 1.82) is 0 Å². The summed E-state index contributed by atoms with van der Waals surface area (Å²) in [5.41, 5.74) is 0.311. The van der Waals surface area contributed by atoms with Gasteiger partial charge in [-0.15, -0.1) is 0 Å². The van der Waals surface area contributed by atoms with E-state index >= 15 is 0 Å². The Hall–Kier alpha value is 3.52. The van der Waals surface area contributed by atoms with Gasteiger partial charge in [0.2, 0.25) is 0 Å². The zero-order chi connectivity index (χ0) is 12.4. The first-order valence-electron chi connectivity index (χ1n) is 4.28. The van der Waals surface area contributed by atoms with Crippen molar-refractivity contribution in [1.82, 2.24) is 0 Å². The first kappa shape index (κ1) is 31.3. The summed E-state index contributed by atoms with van der Waals surface area (Å²) in [5.74, 6) is 0. The summed E-state index contributed by atoms with van der Waals surface area (Å²) in [5, 5.41) is -2.41. The van der Waals surface area contributed by atoms with E-state index in [2.05, 4.69) is 0 Å². The van der Waals surface area contributed by atoms with Crippen molar-refractivity contribution >= 4 is 15.2 Å². The van der Waals surface area contributed by atoms with E-state index in [4.69, 9.17) is 0 Å². The van der Waals surface area contributed by atoms with Crippen molar-refractivity contribution in [3.63, 3.8) is 0 Å². The maximum absolute atomic E-state index is 10.7. The Kier molecular flexibility index (Phi) is 21.6. The van der Waals surface area contributed by atoms with Crippen LogP contribution < -0.4 is 138 Å². The fraction of sp³-hybridized carbons (Fsp3) is 0.250. The first-order valence-corrected chi connectivity index (χ1v) is 7.51. The molecule has 0 bridgehead atoms. The van der Waals surface area contributed by atoms with E-state index in [0.717, 1.165) is 0 Å². The first-order chi connectivity index (χ1) is 7.21. The number of hydrogen-bond acceptors (Lipinski definition) is 6. The van der Waals surface area contributed by atoms with Gasteiger partial charge in [-0.3, -0.25) is 0 Å². The van der Waals surface area contributed by atoms with Gasteiger partial charge in [0.1, 0.15) is 0 Å².